The number of hydrogen-bond donors (Lipinski definition) is 1. The van der Waals surface area contributed by atoms with E-state index in [1.54, 1.807) is 0 Å². The molecule has 2 aromatic rings. The highest BCUT2D eigenvalue weighted by Crippen LogP contribution is 2.27. The van der Waals surface area contributed by atoms with Crippen LogP contribution in [-0.2, 0) is 16.1 Å². The third kappa shape index (κ3) is 2.91. The monoisotopic (exact) mass is 343 g/mol. The molecule has 0 aromatic carbocycles. The van der Waals surface area contributed by atoms with Gasteiger partial charge in [0.1, 0.15) is 12.1 Å². The molecule has 0 saturated carbocycles. The minimum Gasteiger partial charge on any atom is -0.377 e. The van der Waals surface area contributed by atoms with Gasteiger partial charge >= 0.3 is 0 Å². The summed E-state index contributed by atoms with van der Waals surface area (Å²) in [5, 5.41) is 8.06. The van der Waals surface area contributed by atoms with Crippen molar-refractivity contribution in [2.24, 2.45) is 0 Å². The summed E-state index contributed by atoms with van der Waals surface area (Å²) >= 11 is 0. The number of ether oxygens (including phenoxy) is 1. The van der Waals surface area contributed by atoms with E-state index in [0.717, 1.165) is 35.5 Å². The minimum atomic E-state index is -0.284. The molecule has 0 atom stereocenters. The highest BCUT2D eigenvalue weighted by Gasteiger charge is 2.34. The lowest BCUT2D eigenvalue weighted by Gasteiger charge is -2.42. The fourth-order valence-corrected chi connectivity index (χ4v) is 3.59. The Morgan fingerprint density at radius 2 is 2.20 bits per heavy atom. The zero-order valence-electron chi connectivity index (χ0n) is 15.1. The molecular weight excluding hydrogens is 318 g/mol. The Morgan fingerprint density at radius 1 is 1.40 bits per heavy atom. The third-order valence-corrected chi connectivity index (χ3v) is 5.16. The van der Waals surface area contributed by atoms with E-state index in [0.29, 0.717) is 25.7 Å². The Labute approximate surface area is 147 Å². The van der Waals surface area contributed by atoms with Crippen molar-refractivity contribution in [3.63, 3.8) is 0 Å². The molecule has 2 saturated heterocycles. The number of nitrogens with one attached hydrogen (secondary N) is 1. The molecule has 7 heteroatoms. The lowest BCUT2D eigenvalue weighted by Crippen LogP contribution is -2.56. The SMILES string of the molecule is Cc1ccc2c(n1)c(C1CNC1)nn2CC(=O)N1CCOCC1(C)C. The molecule has 0 bridgehead atoms. The van der Waals surface area contributed by atoms with Crippen molar-refractivity contribution in [1.82, 2.24) is 25.0 Å². The normalized spacial score (nSPS) is 20.7. The summed E-state index contributed by atoms with van der Waals surface area (Å²) in [6, 6.07) is 4.00. The molecule has 1 N–H and O–H groups in total. The van der Waals surface area contributed by atoms with Crippen molar-refractivity contribution < 1.29 is 9.53 Å². The number of rotatable bonds is 3. The van der Waals surface area contributed by atoms with E-state index in [2.05, 4.69) is 5.32 Å². The van der Waals surface area contributed by atoms with Crippen molar-refractivity contribution in [3.05, 3.63) is 23.5 Å². The predicted molar refractivity (Wildman–Crippen MR) is 94.5 cm³/mol. The van der Waals surface area contributed by atoms with Gasteiger partial charge in [-0.1, -0.05) is 0 Å². The summed E-state index contributed by atoms with van der Waals surface area (Å²) in [5.41, 5.74) is 3.56. The van der Waals surface area contributed by atoms with Crippen LogP contribution >= 0.6 is 0 Å². The van der Waals surface area contributed by atoms with Crippen molar-refractivity contribution in [1.29, 1.82) is 0 Å². The number of aromatic nitrogens is 3. The van der Waals surface area contributed by atoms with E-state index in [1.165, 1.54) is 0 Å². The van der Waals surface area contributed by atoms with E-state index in [-0.39, 0.29) is 18.0 Å². The van der Waals surface area contributed by atoms with E-state index in [4.69, 9.17) is 14.8 Å². The number of pyridine rings is 1. The lowest BCUT2D eigenvalue weighted by molar-refractivity contribution is -0.147. The molecule has 2 fully saturated rings. The summed E-state index contributed by atoms with van der Waals surface area (Å²) in [5.74, 6) is 0.463. The standard InChI is InChI=1S/C18H25N5O2/c1-12-4-5-14-17(20-12)16(13-8-19-9-13)21-23(14)10-15(24)22-6-7-25-11-18(22,2)3/h4-5,13,19H,6-11H2,1-3H3. The highest BCUT2D eigenvalue weighted by atomic mass is 16.5. The number of morpholine rings is 1. The predicted octanol–water partition coefficient (Wildman–Crippen LogP) is 1.06. The van der Waals surface area contributed by atoms with Crippen LogP contribution in [0.3, 0.4) is 0 Å². The van der Waals surface area contributed by atoms with Gasteiger partial charge in [-0.3, -0.25) is 9.48 Å². The van der Waals surface area contributed by atoms with Crippen molar-refractivity contribution >= 4 is 16.9 Å². The van der Waals surface area contributed by atoms with Gasteiger partial charge in [0.25, 0.3) is 0 Å². The fourth-order valence-electron chi connectivity index (χ4n) is 3.59. The van der Waals surface area contributed by atoms with Crippen LogP contribution in [0.15, 0.2) is 12.1 Å². The maximum absolute atomic E-state index is 12.9. The number of carbonyl (C=O) groups is 1. The molecular formula is C18H25N5O2. The summed E-state index contributed by atoms with van der Waals surface area (Å²) < 4.78 is 7.35. The van der Waals surface area contributed by atoms with Gasteiger partial charge in [0.15, 0.2) is 0 Å². The molecule has 4 heterocycles. The summed E-state index contributed by atoms with van der Waals surface area (Å²) in [4.78, 5) is 19.5. The van der Waals surface area contributed by atoms with Crippen molar-refractivity contribution in [2.45, 2.75) is 38.8 Å². The minimum absolute atomic E-state index is 0.0801. The first-order chi connectivity index (χ1) is 12.0. The molecule has 2 aromatic heterocycles. The fraction of sp³-hybridized carbons (Fsp3) is 0.611. The van der Waals surface area contributed by atoms with Gasteiger partial charge < -0.3 is 15.0 Å². The van der Waals surface area contributed by atoms with E-state index < -0.39 is 0 Å². The van der Waals surface area contributed by atoms with E-state index in [9.17, 15) is 4.79 Å². The molecule has 0 unspecified atom stereocenters. The second-order valence-electron chi connectivity index (χ2n) is 7.63. The van der Waals surface area contributed by atoms with Gasteiger partial charge in [-0.2, -0.15) is 5.10 Å². The van der Waals surface area contributed by atoms with Crippen LogP contribution in [0.5, 0.6) is 0 Å². The first-order valence-corrected chi connectivity index (χ1v) is 8.89. The van der Waals surface area contributed by atoms with Gasteiger partial charge in [-0.05, 0) is 32.9 Å². The molecule has 134 valence electrons. The Kier molecular flexibility index (Phi) is 4.00. The maximum atomic E-state index is 12.9. The van der Waals surface area contributed by atoms with Gasteiger partial charge in [-0.15, -0.1) is 0 Å². The summed E-state index contributed by atoms with van der Waals surface area (Å²) in [6.45, 7) is 9.95. The Hall–Kier alpha value is -1.99. The van der Waals surface area contributed by atoms with Gasteiger partial charge in [0.2, 0.25) is 5.91 Å². The molecule has 0 aliphatic carbocycles. The number of aryl methyl sites for hydroxylation is 1. The Morgan fingerprint density at radius 3 is 2.88 bits per heavy atom. The van der Waals surface area contributed by atoms with Crippen LogP contribution in [0.1, 0.15) is 31.2 Å². The van der Waals surface area contributed by atoms with Crippen LogP contribution < -0.4 is 5.32 Å². The second kappa shape index (κ2) is 6.07. The first kappa shape index (κ1) is 16.5. The number of hydrogen-bond acceptors (Lipinski definition) is 5. The first-order valence-electron chi connectivity index (χ1n) is 8.89. The van der Waals surface area contributed by atoms with E-state index >= 15 is 0 Å². The van der Waals surface area contributed by atoms with E-state index in [1.807, 2.05) is 42.5 Å². The molecule has 2 aliphatic rings. The zero-order valence-corrected chi connectivity index (χ0v) is 15.1. The average Bonchev–Trinajstić information content (AvgIpc) is 2.82. The van der Waals surface area contributed by atoms with Crippen molar-refractivity contribution in [2.75, 3.05) is 32.8 Å². The molecule has 4 rings (SSSR count). The molecule has 1 amide bonds. The maximum Gasteiger partial charge on any atom is 0.244 e. The van der Waals surface area contributed by atoms with Crippen LogP contribution in [0.4, 0.5) is 0 Å². The molecule has 2 aliphatic heterocycles. The number of amides is 1. The highest BCUT2D eigenvalue weighted by molar-refractivity contribution is 5.82. The number of fused-ring (bicyclic) bond motifs is 1. The van der Waals surface area contributed by atoms with Gasteiger partial charge in [0.05, 0.1) is 30.0 Å². The Balaban J connectivity index is 1.66. The topological polar surface area (TPSA) is 72.3 Å². The van der Waals surface area contributed by atoms with Crippen LogP contribution in [0, 0.1) is 6.92 Å². The van der Waals surface area contributed by atoms with Crippen LogP contribution in [0.2, 0.25) is 0 Å². The van der Waals surface area contributed by atoms with Crippen LogP contribution in [-0.4, -0.2) is 64.0 Å². The lowest BCUT2D eigenvalue weighted by atomic mass is 9.98. The van der Waals surface area contributed by atoms with Gasteiger partial charge in [-0.25, -0.2) is 4.98 Å². The van der Waals surface area contributed by atoms with Gasteiger partial charge in [0, 0.05) is 31.2 Å². The average molecular weight is 343 g/mol. The zero-order chi connectivity index (χ0) is 17.6. The van der Waals surface area contributed by atoms with Crippen LogP contribution in [0.25, 0.3) is 11.0 Å². The second-order valence-corrected chi connectivity index (χ2v) is 7.63. The van der Waals surface area contributed by atoms with Crippen molar-refractivity contribution in [3.8, 4) is 0 Å². The Bertz CT molecular complexity index is 809. The summed E-state index contributed by atoms with van der Waals surface area (Å²) in [7, 11) is 0. The molecule has 25 heavy (non-hydrogen) atoms. The molecule has 7 nitrogen and oxygen atoms in total. The smallest absolute Gasteiger partial charge is 0.244 e. The quantitative estimate of drug-likeness (QED) is 0.902. The third-order valence-electron chi connectivity index (χ3n) is 5.16. The molecule has 0 spiro atoms. The molecule has 0 radical (unpaired) electrons. The largest absolute Gasteiger partial charge is 0.377 e. The number of nitrogens with zero attached hydrogens (tertiary/aromatic N) is 4. The summed E-state index contributed by atoms with van der Waals surface area (Å²) in [6.07, 6.45) is 0. The number of carbonyl (C=O) groups excluding carboxylic acids is 1.